The predicted octanol–water partition coefficient (Wildman–Crippen LogP) is 5.76. The van der Waals surface area contributed by atoms with Crippen LogP contribution in [0.4, 0.5) is 4.79 Å². The average Bonchev–Trinajstić information content (AvgIpc) is 2.86. The summed E-state index contributed by atoms with van der Waals surface area (Å²) in [6, 6.07) is 4.67. The van der Waals surface area contributed by atoms with Gasteiger partial charge in [-0.05, 0) is 61.6 Å². The number of carbonyl (C=O) groups excluding carboxylic acids is 4. The van der Waals surface area contributed by atoms with Gasteiger partial charge >= 0.3 is 24.1 Å². The van der Waals surface area contributed by atoms with Gasteiger partial charge in [0.05, 0.1) is 13.7 Å². The van der Waals surface area contributed by atoms with Gasteiger partial charge in [0.1, 0.15) is 11.6 Å². The molecular weight excluding hydrogens is 530 g/mol. The van der Waals surface area contributed by atoms with Gasteiger partial charge < -0.3 is 29.4 Å². The normalized spacial score (nSPS) is 13.5. The Kier molecular flexibility index (Phi) is 15.4. The molecule has 1 aromatic carbocycles. The Labute approximate surface area is 244 Å². The molecular formula is C31H49NO9. The number of ether oxygens (including phenoxy) is 5. The second-order valence-electron chi connectivity index (χ2n) is 11.8. The minimum absolute atomic E-state index is 0.0338. The third-order valence-corrected chi connectivity index (χ3v) is 6.28. The molecule has 1 unspecified atom stereocenters. The van der Waals surface area contributed by atoms with Crippen LogP contribution in [0.5, 0.6) is 11.5 Å². The molecule has 0 radical (unpaired) electrons. The zero-order valence-electron chi connectivity index (χ0n) is 25.9. The van der Waals surface area contributed by atoms with Crippen molar-refractivity contribution in [3.8, 4) is 11.5 Å². The van der Waals surface area contributed by atoms with Crippen molar-refractivity contribution < 1.29 is 42.9 Å². The summed E-state index contributed by atoms with van der Waals surface area (Å²) >= 11 is 0. The van der Waals surface area contributed by atoms with Crippen LogP contribution in [0.25, 0.3) is 0 Å². The van der Waals surface area contributed by atoms with E-state index in [9.17, 15) is 19.2 Å². The molecule has 2 N–H and O–H groups in total. The fraction of sp³-hybridized carbons (Fsp3) is 0.677. The van der Waals surface area contributed by atoms with Gasteiger partial charge in [-0.1, -0.05) is 47.6 Å². The van der Waals surface area contributed by atoms with Gasteiger partial charge in [0.2, 0.25) is 0 Å². The van der Waals surface area contributed by atoms with E-state index in [-0.39, 0.29) is 43.8 Å². The first-order chi connectivity index (χ1) is 19.1. The van der Waals surface area contributed by atoms with Crippen LogP contribution in [-0.2, 0) is 35.0 Å². The number of hydrogen-bond donors (Lipinski definition) is 1. The summed E-state index contributed by atoms with van der Waals surface area (Å²) in [6.07, 6.45) is 0.682. The lowest BCUT2D eigenvalue weighted by Crippen LogP contribution is -2.53. The number of rotatable bonds is 17. The van der Waals surface area contributed by atoms with E-state index in [1.807, 2.05) is 41.5 Å². The average molecular weight is 580 g/mol. The Morgan fingerprint density at radius 1 is 0.805 bits per heavy atom. The number of methoxy groups -OCH3 is 1. The fourth-order valence-electron chi connectivity index (χ4n) is 3.91. The standard InChI is InChI=1S/C31H49NO9/c1-20(2)9-13-27(33)40-25-12-11-24(17-26(25)41-28(34)14-10-21(3)4)19-31(32,29(35)37-8)18-23(7)39-30(36)38-16-15-22(5)6/h11-12,17,20-23H,9-10,13-16,18-19,32H2,1-8H3/t23-,31?/m0/s1. The highest BCUT2D eigenvalue weighted by Gasteiger charge is 2.38. The molecule has 0 aliphatic carbocycles. The second kappa shape index (κ2) is 17.6. The van der Waals surface area contributed by atoms with Crippen LogP contribution in [0, 0.1) is 17.8 Å². The first kappa shape index (κ1) is 35.9. The van der Waals surface area contributed by atoms with Crippen molar-refractivity contribution in [2.75, 3.05) is 13.7 Å². The zero-order valence-corrected chi connectivity index (χ0v) is 25.9. The summed E-state index contributed by atoms with van der Waals surface area (Å²) < 4.78 is 26.5. The van der Waals surface area contributed by atoms with E-state index in [4.69, 9.17) is 29.4 Å². The quantitative estimate of drug-likeness (QED) is 0.179. The minimum atomic E-state index is -1.58. The molecule has 0 saturated carbocycles. The number of nitrogens with two attached hydrogens (primary N) is 1. The summed E-state index contributed by atoms with van der Waals surface area (Å²) in [4.78, 5) is 49.8. The van der Waals surface area contributed by atoms with E-state index in [1.165, 1.54) is 19.2 Å². The van der Waals surface area contributed by atoms with Gasteiger partial charge in [0, 0.05) is 25.7 Å². The Bertz CT molecular complexity index is 1010. The Morgan fingerprint density at radius 3 is 1.85 bits per heavy atom. The number of esters is 3. The van der Waals surface area contributed by atoms with Crippen molar-refractivity contribution in [2.24, 2.45) is 23.5 Å². The zero-order chi connectivity index (χ0) is 31.2. The van der Waals surface area contributed by atoms with Gasteiger partial charge in [-0.15, -0.1) is 0 Å². The molecule has 2 atom stereocenters. The topological polar surface area (TPSA) is 140 Å². The third-order valence-electron chi connectivity index (χ3n) is 6.28. The maximum atomic E-state index is 12.8. The fourth-order valence-corrected chi connectivity index (χ4v) is 3.91. The number of carbonyl (C=O) groups is 4. The summed E-state index contributed by atoms with van der Waals surface area (Å²) in [5.74, 6) is -0.479. The van der Waals surface area contributed by atoms with Crippen molar-refractivity contribution in [3.63, 3.8) is 0 Å². The monoisotopic (exact) mass is 579 g/mol. The molecule has 0 aliphatic rings. The molecule has 1 aromatic rings. The first-order valence-electron chi connectivity index (χ1n) is 14.4. The molecule has 10 nitrogen and oxygen atoms in total. The smallest absolute Gasteiger partial charge is 0.468 e. The second-order valence-corrected chi connectivity index (χ2v) is 11.8. The van der Waals surface area contributed by atoms with Crippen molar-refractivity contribution in [1.29, 1.82) is 0 Å². The molecule has 0 amide bonds. The van der Waals surface area contributed by atoms with Crippen LogP contribution in [0.3, 0.4) is 0 Å². The minimum Gasteiger partial charge on any atom is -0.468 e. The van der Waals surface area contributed by atoms with Gasteiger partial charge in [0.15, 0.2) is 11.5 Å². The molecule has 0 aliphatic heterocycles. The van der Waals surface area contributed by atoms with Gasteiger partial charge in [-0.3, -0.25) is 14.4 Å². The summed E-state index contributed by atoms with van der Waals surface area (Å²) in [5, 5.41) is 0. The van der Waals surface area contributed by atoms with Crippen molar-refractivity contribution >= 4 is 24.1 Å². The van der Waals surface area contributed by atoms with E-state index in [1.54, 1.807) is 13.0 Å². The molecule has 0 spiro atoms. The lowest BCUT2D eigenvalue weighted by atomic mass is 9.86. The Morgan fingerprint density at radius 2 is 1.34 bits per heavy atom. The lowest BCUT2D eigenvalue weighted by Gasteiger charge is -2.29. The van der Waals surface area contributed by atoms with E-state index >= 15 is 0 Å². The van der Waals surface area contributed by atoms with E-state index in [0.717, 1.165) is 0 Å². The highest BCUT2D eigenvalue weighted by molar-refractivity contribution is 5.81. The summed E-state index contributed by atoms with van der Waals surface area (Å²) in [5.41, 5.74) is 5.46. The maximum Gasteiger partial charge on any atom is 0.508 e. The van der Waals surface area contributed by atoms with Crippen molar-refractivity contribution in [1.82, 2.24) is 0 Å². The van der Waals surface area contributed by atoms with Crippen LogP contribution < -0.4 is 15.2 Å². The van der Waals surface area contributed by atoms with Crippen molar-refractivity contribution in [3.05, 3.63) is 23.8 Å². The molecule has 1 rings (SSSR count). The highest BCUT2D eigenvalue weighted by Crippen LogP contribution is 2.32. The molecule has 232 valence electrons. The number of hydrogen-bond acceptors (Lipinski definition) is 10. The highest BCUT2D eigenvalue weighted by atomic mass is 16.7. The van der Waals surface area contributed by atoms with Gasteiger partial charge in [-0.2, -0.15) is 0 Å². The summed E-state index contributed by atoms with van der Waals surface area (Å²) in [7, 11) is 1.22. The SMILES string of the molecule is COC(=O)C(N)(Cc1ccc(OC(=O)CCC(C)C)c(OC(=O)CCC(C)C)c1)C[C@H](C)OC(=O)OCCC(C)C. The van der Waals surface area contributed by atoms with Gasteiger partial charge in [0.25, 0.3) is 0 Å². The van der Waals surface area contributed by atoms with E-state index in [2.05, 4.69) is 0 Å². The first-order valence-corrected chi connectivity index (χ1v) is 14.4. The molecule has 0 heterocycles. The Balaban J connectivity index is 3.15. The van der Waals surface area contributed by atoms with Gasteiger partial charge in [-0.25, -0.2) is 4.79 Å². The largest absolute Gasteiger partial charge is 0.508 e. The summed E-state index contributed by atoms with van der Waals surface area (Å²) in [6.45, 7) is 13.9. The van der Waals surface area contributed by atoms with Crippen LogP contribution >= 0.6 is 0 Å². The molecule has 0 fully saturated rings. The van der Waals surface area contributed by atoms with Crippen LogP contribution in [0.15, 0.2) is 18.2 Å². The molecule has 0 bridgehead atoms. The van der Waals surface area contributed by atoms with Crippen molar-refractivity contribution in [2.45, 2.75) is 105 Å². The Hall–Kier alpha value is -3.14. The molecule has 0 saturated heterocycles. The van der Waals surface area contributed by atoms with Crippen LogP contribution in [-0.4, -0.2) is 49.4 Å². The predicted molar refractivity (Wildman–Crippen MR) is 154 cm³/mol. The number of benzene rings is 1. The van der Waals surface area contributed by atoms with Crippen LogP contribution in [0.2, 0.25) is 0 Å². The van der Waals surface area contributed by atoms with E-state index < -0.39 is 35.7 Å². The molecule has 41 heavy (non-hydrogen) atoms. The molecule has 0 aromatic heterocycles. The third kappa shape index (κ3) is 14.4. The van der Waals surface area contributed by atoms with Crippen LogP contribution in [0.1, 0.15) is 92.6 Å². The maximum absolute atomic E-state index is 12.8. The van der Waals surface area contributed by atoms with E-state index in [0.29, 0.717) is 42.6 Å². The molecule has 10 heteroatoms. The lowest BCUT2D eigenvalue weighted by molar-refractivity contribution is -0.148.